The van der Waals surface area contributed by atoms with Crippen LogP contribution in [-0.4, -0.2) is 84.1 Å². The molecule has 2 atom stereocenters. The Labute approximate surface area is 208 Å². The van der Waals surface area contributed by atoms with Crippen LogP contribution in [0.5, 0.6) is 0 Å². The molecule has 0 radical (unpaired) electrons. The van der Waals surface area contributed by atoms with Crippen LogP contribution in [0.3, 0.4) is 0 Å². The Morgan fingerprint density at radius 3 is 2.49 bits per heavy atom. The van der Waals surface area contributed by atoms with Crippen molar-refractivity contribution in [3.05, 3.63) is 35.4 Å². The molecule has 35 heavy (non-hydrogen) atoms. The summed E-state index contributed by atoms with van der Waals surface area (Å²) in [4.78, 5) is 57.5. The lowest BCUT2D eigenvalue weighted by molar-refractivity contribution is -0.137. The minimum atomic E-state index is -0.904. The van der Waals surface area contributed by atoms with Crippen LogP contribution in [0.1, 0.15) is 67.8 Å². The summed E-state index contributed by atoms with van der Waals surface area (Å²) in [5, 5.41) is 3.10. The smallest absolute Gasteiger partial charge is 0.325 e. The number of amides is 4. The number of ketones is 1. The van der Waals surface area contributed by atoms with Gasteiger partial charge in [-0.25, -0.2) is 4.79 Å². The van der Waals surface area contributed by atoms with Crippen LogP contribution < -0.4 is 5.32 Å². The van der Waals surface area contributed by atoms with Gasteiger partial charge in [-0.15, -0.1) is 0 Å². The number of fused-ring (bicyclic) bond motifs is 1. The Morgan fingerprint density at radius 2 is 1.83 bits per heavy atom. The Morgan fingerprint density at radius 1 is 1.14 bits per heavy atom. The second-order valence-corrected chi connectivity index (χ2v) is 11.0. The Kier molecular flexibility index (Phi) is 7.31. The highest BCUT2D eigenvalue weighted by Gasteiger charge is 2.55. The van der Waals surface area contributed by atoms with Crippen molar-refractivity contribution >= 4 is 23.6 Å². The van der Waals surface area contributed by atoms with Crippen molar-refractivity contribution in [2.24, 2.45) is 11.8 Å². The van der Waals surface area contributed by atoms with E-state index in [-0.39, 0.29) is 36.0 Å². The Bertz CT molecular complexity index is 999. The van der Waals surface area contributed by atoms with Gasteiger partial charge in [-0.2, -0.15) is 0 Å². The van der Waals surface area contributed by atoms with Crippen LogP contribution in [0.25, 0.3) is 0 Å². The third-order valence-electron chi connectivity index (χ3n) is 7.92. The van der Waals surface area contributed by atoms with Crippen molar-refractivity contribution in [3.63, 3.8) is 0 Å². The number of benzene rings is 1. The number of hydrogen-bond donors (Lipinski definition) is 1. The molecule has 2 heterocycles. The zero-order valence-corrected chi connectivity index (χ0v) is 21.4. The largest absolute Gasteiger partial charge is 0.342 e. The van der Waals surface area contributed by atoms with Gasteiger partial charge in [-0.05, 0) is 57.2 Å². The second-order valence-electron chi connectivity index (χ2n) is 11.0. The molecule has 0 bridgehead atoms. The standard InChI is InChI=1S/C27H38N4O4/c1-18(2)9-12-27(25(34)31(26(35)28-27)16-15-29(3)4)19-10-13-30(14-11-19)24(33)22-17-23(32)21-8-6-5-7-20(21)22/h5-8,18-19,22H,9-17H2,1-4H3,(H,28,35)/t22-,27+/m0/s1. The van der Waals surface area contributed by atoms with Gasteiger partial charge in [0.25, 0.3) is 5.91 Å². The SMILES string of the molecule is CC(C)CC[C@]1(C2CCN(C(=O)[C@H]3CC(=O)c4ccccc43)CC2)NC(=O)N(CCN(C)C)C1=O. The molecule has 0 saturated carbocycles. The van der Waals surface area contributed by atoms with Gasteiger partial charge in [0.05, 0.1) is 5.92 Å². The van der Waals surface area contributed by atoms with E-state index in [9.17, 15) is 19.2 Å². The van der Waals surface area contributed by atoms with Gasteiger partial charge in [0.1, 0.15) is 5.54 Å². The summed E-state index contributed by atoms with van der Waals surface area (Å²) in [5.74, 6) is -0.131. The van der Waals surface area contributed by atoms with Crippen LogP contribution >= 0.6 is 0 Å². The minimum absolute atomic E-state index is 0.00706. The summed E-state index contributed by atoms with van der Waals surface area (Å²) < 4.78 is 0. The topological polar surface area (TPSA) is 90.0 Å². The number of urea groups is 1. The average Bonchev–Trinajstić information content (AvgIpc) is 3.30. The molecular formula is C27H38N4O4. The molecule has 1 aromatic rings. The molecular weight excluding hydrogens is 444 g/mol. The molecule has 0 aromatic heterocycles. The predicted molar refractivity (Wildman–Crippen MR) is 133 cm³/mol. The monoisotopic (exact) mass is 482 g/mol. The van der Waals surface area contributed by atoms with Crippen LogP contribution in [0.15, 0.2) is 24.3 Å². The maximum absolute atomic E-state index is 13.7. The van der Waals surface area contributed by atoms with E-state index in [1.165, 1.54) is 4.90 Å². The van der Waals surface area contributed by atoms with Crippen LogP contribution in [0, 0.1) is 11.8 Å². The van der Waals surface area contributed by atoms with E-state index in [1.54, 1.807) is 6.07 Å². The van der Waals surface area contributed by atoms with Crippen molar-refractivity contribution < 1.29 is 19.2 Å². The van der Waals surface area contributed by atoms with Gasteiger partial charge in [0.2, 0.25) is 5.91 Å². The Hall–Kier alpha value is -2.74. The van der Waals surface area contributed by atoms with E-state index in [4.69, 9.17) is 0 Å². The molecule has 1 aromatic carbocycles. The summed E-state index contributed by atoms with van der Waals surface area (Å²) in [6, 6.07) is 7.08. The molecule has 2 saturated heterocycles. The number of rotatable bonds is 8. The maximum Gasteiger partial charge on any atom is 0.325 e. The third-order valence-corrected chi connectivity index (χ3v) is 7.92. The fourth-order valence-corrected chi connectivity index (χ4v) is 5.81. The van der Waals surface area contributed by atoms with Crippen LogP contribution in [-0.2, 0) is 9.59 Å². The van der Waals surface area contributed by atoms with Crippen molar-refractivity contribution in [3.8, 4) is 0 Å². The molecule has 4 amide bonds. The molecule has 1 N–H and O–H groups in total. The highest BCUT2D eigenvalue weighted by molar-refractivity contribution is 6.08. The lowest BCUT2D eigenvalue weighted by Crippen LogP contribution is -2.57. The zero-order valence-electron chi connectivity index (χ0n) is 21.4. The van der Waals surface area contributed by atoms with E-state index in [0.29, 0.717) is 56.9 Å². The lowest BCUT2D eigenvalue weighted by Gasteiger charge is -2.41. The highest BCUT2D eigenvalue weighted by Crippen LogP contribution is 2.40. The number of nitrogens with zero attached hydrogens (tertiary/aromatic N) is 3. The molecule has 190 valence electrons. The lowest BCUT2D eigenvalue weighted by atomic mass is 9.73. The summed E-state index contributed by atoms with van der Waals surface area (Å²) in [7, 11) is 3.85. The molecule has 4 rings (SSSR count). The van der Waals surface area contributed by atoms with E-state index in [1.807, 2.05) is 42.1 Å². The summed E-state index contributed by atoms with van der Waals surface area (Å²) in [6.07, 6.45) is 2.98. The first-order valence-corrected chi connectivity index (χ1v) is 12.8. The molecule has 3 aliphatic rings. The molecule has 2 aliphatic heterocycles. The van der Waals surface area contributed by atoms with E-state index in [2.05, 4.69) is 19.2 Å². The third kappa shape index (κ3) is 4.85. The van der Waals surface area contributed by atoms with Gasteiger partial charge in [-0.1, -0.05) is 38.1 Å². The van der Waals surface area contributed by atoms with Gasteiger partial charge in [0.15, 0.2) is 5.78 Å². The maximum atomic E-state index is 13.7. The van der Waals surface area contributed by atoms with Crippen molar-refractivity contribution in [1.82, 2.24) is 20.0 Å². The van der Waals surface area contributed by atoms with Crippen LogP contribution in [0.4, 0.5) is 4.79 Å². The number of likely N-dealkylation sites (N-methyl/N-ethyl adjacent to an activating group) is 1. The van der Waals surface area contributed by atoms with E-state index < -0.39 is 11.5 Å². The number of hydrogen-bond acceptors (Lipinski definition) is 5. The summed E-state index contributed by atoms with van der Waals surface area (Å²) >= 11 is 0. The average molecular weight is 483 g/mol. The zero-order chi connectivity index (χ0) is 25.3. The molecule has 8 heteroatoms. The summed E-state index contributed by atoms with van der Waals surface area (Å²) in [6.45, 7) is 6.30. The number of carbonyl (C=O) groups excluding carboxylic acids is 4. The van der Waals surface area contributed by atoms with Gasteiger partial charge in [0, 0.05) is 38.2 Å². The van der Waals surface area contributed by atoms with E-state index in [0.717, 1.165) is 12.0 Å². The number of Topliss-reactive ketones (excluding diaryl/α,β-unsaturated/α-hetero) is 1. The first-order valence-electron chi connectivity index (χ1n) is 12.8. The van der Waals surface area contributed by atoms with Crippen molar-refractivity contribution in [1.29, 1.82) is 0 Å². The van der Waals surface area contributed by atoms with E-state index >= 15 is 0 Å². The molecule has 0 unspecified atom stereocenters. The second kappa shape index (κ2) is 10.1. The highest BCUT2D eigenvalue weighted by atomic mass is 16.2. The van der Waals surface area contributed by atoms with Gasteiger partial charge in [-0.3, -0.25) is 19.3 Å². The number of carbonyl (C=O) groups is 4. The summed E-state index contributed by atoms with van der Waals surface area (Å²) in [5.41, 5.74) is 0.580. The number of piperidine rings is 1. The van der Waals surface area contributed by atoms with Gasteiger partial charge < -0.3 is 15.1 Å². The fraction of sp³-hybridized carbons (Fsp3) is 0.630. The van der Waals surface area contributed by atoms with Crippen molar-refractivity contribution in [2.45, 2.75) is 57.4 Å². The Balaban J connectivity index is 1.47. The molecule has 1 aliphatic carbocycles. The predicted octanol–water partition coefficient (Wildman–Crippen LogP) is 2.88. The molecule has 2 fully saturated rings. The fourth-order valence-electron chi connectivity index (χ4n) is 5.81. The quantitative estimate of drug-likeness (QED) is 0.576. The number of nitrogens with one attached hydrogen (secondary N) is 1. The first kappa shape index (κ1) is 25.4. The number of likely N-dealkylation sites (tertiary alicyclic amines) is 1. The van der Waals surface area contributed by atoms with Gasteiger partial charge >= 0.3 is 6.03 Å². The molecule has 0 spiro atoms. The first-order chi connectivity index (χ1) is 16.6. The molecule has 8 nitrogen and oxygen atoms in total. The van der Waals surface area contributed by atoms with Crippen molar-refractivity contribution in [2.75, 3.05) is 40.3 Å². The minimum Gasteiger partial charge on any atom is -0.342 e. The normalized spacial score (nSPS) is 25.1. The number of imide groups is 1. The van der Waals surface area contributed by atoms with Crippen LogP contribution in [0.2, 0.25) is 0 Å².